The molecule has 2 aromatic rings. The normalized spacial score (nSPS) is 14.6. The fourth-order valence-electron chi connectivity index (χ4n) is 3.35. The van der Waals surface area contributed by atoms with Gasteiger partial charge in [0.05, 0.1) is 13.7 Å². The van der Waals surface area contributed by atoms with Crippen molar-refractivity contribution >= 4 is 17.3 Å². The second-order valence-corrected chi connectivity index (χ2v) is 7.10. The summed E-state index contributed by atoms with van der Waals surface area (Å²) in [5.41, 5.74) is 3.29. The third-order valence-electron chi connectivity index (χ3n) is 5.10. The summed E-state index contributed by atoms with van der Waals surface area (Å²) < 4.78 is 5.34. The van der Waals surface area contributed by atoms with Gasteiger partial charge in [0, 0.05) is 44.1 Å². The molecule has 2 N–H and O–H groups in total. The molecule has 1 saturated heterocycles. The Morgan fingerprint density at radius 3 is 2.46 bits per heavy atom. The van der Waals surface area contributed by atoms with E-state index in [0.29, 0.717) is 6.54 Å². The number of hydrogen-bond donors (Lipinski definition) is 2. The molecule has 0 atom stereocenters. The highest BCUT2D eigenvalue weighted by Crippen LogP contribution is 2.19. The molecule has 0 saturated carbocycles. The highest BCUT2D eigenvalue weighted by molar-refractivity contribution is 5.80. The zero-order chi connectivity index (χ0) is 19.8. The van der Waals surface area contributed by atoms with Crippen LogP contribution in [0.15, 0.2) is 48.5 Å². The van der Waals surface area contributed by atoms with Gasteiger partial charge in [0.15, 0.2) is 0 Å². The highest BCUT2D eigenvalue weighted by Gasteiger charge is 2.14. The van der Waals surface area contributed by atoms with Crippen molar-refractivity contribution in [2.24, 2.45) is 0 Å². The molecule has 1 aliphatic heterocycles. The first-order chi connectivity index (χ1) is 13.7. The summed E-state index contributed by atoms with van der Waals surface area (Å²) >= 11 is 0. The lowest BCUT2D eigenvalue weighted by Crippen LogP contribution is -2.44. The Bertz CT molecular complexity index is 755. The van der Waals surface area contributed by atoms with E-state index in [0.717, 1.165) is 49.6 Å². The molecule has 0 unspecified atom stereocenters. The third-order valence-corrected chi connectivity index (χ3v) is 5.10. The smallest absolute Gasteiger partial charge is 0.239 e. The second-order valence-electron chi connectivity index (χ2n) is 7.10. The first-order valence-electron chi connectivity index (χ1n) is 9.82. The molecule has 0 spiro atoms. The summed E-state index contributed by atoms with van der Waals surface area (Å²) in [5, 5.41) is 6.14. The average molecular weight is 383 g/mol. The van der Waals surface area contributed by atoms with E-state index in [1.165, 1.54) is 5.69 Å². The molecular weight excluding hydrogens is 352 g/mol. The summed E-state index contributed by atoms with van der Waals surface area (Å²) in [4.78, 5) is 16.8. The van der Waals surface area contributed by atoms with E-state index >= 15 is 0 Å². The van der Waals surface area contributed by atoms with Gasteiger partial charge in [-0.25, -0.2) is 0 Å². The zero-order valence-electron chi connectivity index (χ0n) is 16.8. The fourth-order valence-corrected chi connectivity index (χ4v) is 3.35. The van der Waals surface area contributed by atoms with E-state index in [2.05, 4.69) is 39.6 Å². The first kappa shape index (κ1) is 20.0. The van der Waals surface area contributed by atoms with Crippen LogP contribution in [-0.2, 0) is 11.2 Å². The minimum absolute atomic E-state index is 0.0157. The number of piperazine rings is 1. The molecule has 1 fully saturated rings. The van der Waals surface area contributed by atoms with Crippen LogP contribution in [0, 0.1) is 0 Å². The molecule has 3 rings (SSSR count). The molecule has 150 valence electrons. The molecule has 2 aromatic carbocycles. The molecule has 0 radical (unpaired) electrons. The van der Waals surface area contributed by atoms with Gasteiger partial charge >= 0.3 is 0 Å². The van der Waals surface area contributed by atoms with Gasteiger partial charge in [-0.3, -0.25) is 4.79 Å². The predicted molar refractivity (Wildman–Crippen MR) is 114 cm³/mol. The molecule has 0 bridgehead atoms. The molecule has 0 aliphatic carbocycles. The highest BCUT2D eigenvalue weighted by atomic mass is 16.5. The molecule has 1 amide bonds. The van der Waals surface area contributed by atoms with Crippen molar-refractivity contribution in [2.45, 2.75) is 6.42 Å². The molecular formula is C22H30N4O2. The van der Waals surface area contributed by atoms with E-state index < -0.39 is 0 Å². The lowest BCUT2D eigenvalue weighted by molar-refractivity contribution is -0.119. The van der Waals surface area contributed by atoms with Crippen molar-refractivity contribution in [1.29, 1.82) is 0 Å². The Labute approximate surface area is 167 Å². The van der Waals surface area contributed by atoms with Crippen molar-refractivity contribution in [1.82, 2.24) is 10.2 Å². The molecule has 28 heavy (non-hydrogen) atoms. The number of nitrogens with one attached hydrogen (secondary N) is 2. The molecule has 1 heterocycles. The topological polar surface area (TPSA) is 56.8 Å². The number of likely N-dealkylation sites (N-methyl/N-ethyl adjacent to an activating group) is 1. The van der Waals surface area contributed by atoms with Crippen LogP contribution in [0.2, 0.25) is 0 Å². The van der Waals surface area contributed by atoms with Crippen LogP contribution in [0.25, 0.3) is 0 Å². The molecule has 6 heteroatoms. The largest absolute Gasteiger partial charge is 0.496 e. The van der Waals surface area contributed by atoms with Crippen LogP contribution in [-0.4, -0.2) is 64.2 Å². The number of benzene rings is 2. The van der Waals surface area contributed by atoms with Gasteiger partial charge in [0.1, 0.15) is 5.75 Å². The molecule has 0 aromatic heterocycles. The van der Waals surface area contributed by atoms with Crippen LogP contribution in [0.5, 0.6) is 5.75 Å². The number of hydrogen-bond acceptors (Lipinski definition) is 5. The van der Waals surface area contributed by atoms with Crippen LogP contribution >= 0.6 is 0 Å². The lowest BCUT2D eigenvalue weighted by atomic mass is 10.1. The first-order valence-corrected chi connectivity index (χ1v) is 9.82. The number of ether oxygens (including phenoxy) is 1. The predicted octanol–water partition coefficient (Wildman–Crippen LogP) is 2.22. The maximum Gasteiger partial charge on any atom is 0.239 e. The molecule has 1 aliphatic rings. The number of methoxy groups -OCH3 is 1. The summed E-state index contributed by atoms with van der Waals surface area (Å²) in [5.74, 6) is 0.841. The van der Waals surface area contributed by atoms with Crippen molar-refractivity contribution in [3.8, 4) is 5.75 Å². The number of carbonyl (C=O) groups is 1. The van der Waals surface area contributed by atoms with E-state index in [9.17, 15) is 4.79 Å². The minimum Gasteiger partial charge on any atom is -0.496 e. The Morgan fingerprint density at radius 1 is 1.04 bits per heavy atom. The summed E-state index contributed by atoms with van der Waals surface area (Å²) in [6.07, 6.45) is 0.746. The standard InChI is InChI=1S/C22H30N4O2/c1-25-13-15-26(16-14-25)20-9-7-19(8-10-20)24-17-22(27)23-12-11-18-5-3-4-6-21(18)28-2/h3-10,24H,11-17H2,1-2H3,(H,23,27). The number of amides is 1. The maximum atomic E-state index is 12.1. The number of para-hydroxylation sites is 1. The summed E-state index contributed by atoms with van der Waals surface area (Å²) in [6, 6.07) is 16.2. The van der Waals surface area contributed by atoms with Crippen molar-refractivity contribution < 1.29 is 9.53 Å². The number of nitrogens with zero attached hydrogens (tertiary/aromatic N) is 2. The van der Waals surface area contributed by atoms with Crippen LogP contribution in [0.1, 0.15) is 5.56 Å². The Morgan fingerprint density at radius 2 is 1.75 bits per heavy atom. The lowest BCUT2D eigenvalue weighted by Gasteiger charge is -2.34. The van der Waals surface area contributed by atoms with Crippen LogP contribution in [0.4, 0.5) is 11.4 Å². The van der Waals surface area contributed by atoms with E-state index in [-0.39, 0.29) is 12.5 Å². The van der Waals surface area contributed by atoms with Crippen LogP contribution < -0.4 is 20.3 Å². The average Bonchev–Trinajstić information content (AvgIpc) is 2.73. The fraction of sp³-hybridized carbons (Fsp3) is 0.409. The van der Waals surface area contributed by atoms with Gasteiger partial charge in [-0.1, -0.05) is 18.2 Å². The van der Waals surface area contributed by atoms with Crippen LogP contribution in [0.3, 0.4) is 0 Å². The minimum atomic E-state index is -0.0157. The maximum absolute atomic E-state index is 12.1. The number of carbonyl (C=O) groups excluding carboxylic acids is 1. The van der Waals surface area contributed by atoms with Gasteiger partial charge in [0.2, 0.25) is 5.91 Å². The Kier molecular flexibility index (Phi) is 7.14. The SMILES string of the molecule is COc1ccccc1CCNC(=O)CNc1ccc(N2CCN(C)CC2)cc1. The van der Waals surface area contributed by atoms with Gasteiger partial charge in [0.25, 0.3) is 0 Å². The van der Waals surface area contributed by atoms with Crippen molar-refractivity contribution in [3.63, 3.8) is 0 Å². The van der Waals surface area contributed by atoms with E-state index in [4.69, 9.17) is 4.74 Å². The second kappa shape index (κ2) is 9.99. The summed E-state index contributed by atoms with van der Waals surface area (Å²) in [7, 11) is 3.82. The van der Waals surface area contributed by atoms with Gasteiger partial charge < -0.3 is 25.2 Å². The zero-order valence-corrected chi connectivity index (χ0v) is 16.8. The van der Waals surface area contributed by atoms with Crippen molar-refractivity contribution in [2.75, 3.05) is 63.6 Å². The van der Waals surface area contributed by atoms with Gasteiger partial charge in [-0.15, -0.1) is 0 Å². The monoisotopic (exact) mass is 382 g/mol. The quantitative estimate of drug-likeness (QED) is 0.733. The summed E-state index contributed by atoms with van der Waals surface area (Å²) in [6.45, 7) is 5.14. The molecule has 6 nitrogen and oxygen atoms in total. The van der Waals surface area contributed by atoms with Gasteiger partial charge in [-0.05, 0) is 49.4 Å². The third kappa shape index (κ3) is 5.63. The Balaban J connectivity index is 1.39. The van der Waals surface area contributed by atoms with Gasteiger partial charge in [-0.2, -0.15) is 0 Å². The van der Waals surface area contributed by atoms with E-state index in [1.807, 2.05) is 36.4 Å². The van der Waals surface area contributed by atoms with Crippen molar-refractivity contribution in [3.05, 3.63) is 54.1 Å². The van der Waals surface area contributed by atoms with E-state index in [1.54, 1.807) is 7.11 Å². The number of anilines is 2. The number of rotatable bonds is 8. The Hall–Kier alpha value is -2.73.